The van der Waals surface area contributed by atoms with Gasteiger partial charge >= 0.3 is 6.18 Å². The van der Waals surface area contributed by atoms with E-state index in [1.165, 1.54) is 12.1 Å². The van der Waals surface area contributed by atoms with Crippen LogP contribution in [0.15, 0.2) is 36.4 Å². The normalized spacial score (nSPS) is 22.9. The first kappa shape index (κ1) is 17.2. The van der Waals surface area contributed by atoms with Crippen LogP contribution in [0.2, 0.25) is 0 Å². The molecule has 1 N–H and O–H groups in total. The van der Waals surface area contributed by atoms with Crippen molar-refractivity contribution in [1.29, 1.82) is 0 Å². The molecule has 5 nitrogen and oxygen atoms in total. The lowest BCUT2D eigenvalue weighted by Gasteiger charge is -2.17. The smallest absolute Gasteiger partial charge is 0.324 e. The van der Waals surface area contributed by atoms with Crippen molar-refractivity contribution < 1.29 is 27.6 Å². The molecule has 0 radical (unpaired) electrons. The quantitative estimate of drug-likeness (QED) is 0.672. The summed E-state index contributed by atoms with van der Waals surface area (Å²) in [4.78, 5) is 37.5. The van der Waals surface area contributed by atoms with Gasteiger partial charge in [0.05, 0.1) is 23.1 Å². The summed E-state index contributed by atoms with van der Waals surface area (Å²) in [5, 5.41) is 2.15. The van der Waals surface area contributed by atoms with Crippen molar-refractivity contribution in [3.63, 3.8) is 0 Å². The SMILES string of the molecule is O=C(CN1C(=O)[C@H]2CC=CC[C@@H]2C1=O)Nc1ccccc1C(F)(F)F. The van der Waals surface area contributed by atoms with Crippen LogP contribution in [0.5, 0.6) is 0 Å². The van der Waals surface area contributed by atoms with Crippen molar-refractivity contribution in [3.8, 4) is 0 Å². The Kier molecular flexibility index (Phi) is 4.36. The number of hydrogen-bond donors (Lipinski definition) is 1. The highest BCUT2D eigenvalue weighted by Gasteiger charge is 2.47. The summed E-state index contributed by atoms with van der Waals surface area (Å²) < 4.78 is 38.9. The summed E-state index contributed by atoms with van der Waals surface area (Å²) in [5.41, 5.74) is -1.39. The summed E-state index contributed by atoms with van der Waals surface area (Å²) in [6.07, 6.45) is -0.122. The number of benzene rings is 1. The van der Waals surface area contributed by atoms with Crippen LogP contribution in [0.25, 0.3) is 0 Å². The number of halogens is 3. The standard InChI is InChI=1S/C17H15F3N2O3/c18-17(19,20)12-7-3-4-8-13(12)21-14(23)9-22-15(24)10-5-1-2-6-11(10)16(22)25/h1-4,7-8,10-11H,5-6,9H2,(H,21,23)/t10-,11-/m0/s1. The summed E-state index contributed by atoms with van der Waals surface area (Å²) in [6.45, 7) is -0.586. The van der Waals surface area contributed by atoms with Crippen LogP contribution in [-0.2, 0) is 20.6 Å². The predicted molar refractivity (Wildman–Crippen MR) is 82.1 cm³/mol. The molecule has 3 rings (SSSR count). The third kappa shape index (κ3) is 3.29. The van der Waals surface area contributed by atoms with Gasteiger partial charge in [0.15, 0.2) is 0 Å². The number of alkyl halides is 3. The molecule has 0 saturated carbocycles. The van der Waals surface area contributed by atoms with Gasteiger partial charge in [-0.1, -0.05) is 24.3 Å². The fourth-order valence-electron chi connectivity index (χ4n) is 3.20. The number of likely N-dealkylation sites (tertiary alicyclic amines) is 1. The molecule has 1 aromatic carbocycles. The number of allylic oxidation sites excluding steroid dienone is 2. The number of amides is 3. The van der Waals surface area contributed by atoms with Gasteiger partial charge in [0, 0.05) is 0 Å². The lowest BCUT2D eigenvalue weighted by molar-refractivity contribution is -0.143. The van der Waals surface area contributed by atoms with Crippen molar-refractivity contribution in [2.45, 2.75) is 19.0 Å². The molecular weight excluding hydrogens is 337 g/mol. The Morgan fingerprint density at radius 1 is 1.08 bits per heavy atom. The van der Waals surface area contributed by atoms with Crippen molar-refractivity contribution in [2.75, 3.05) is 11.9 Å². The molecule has 1 heterocycles. The monoisotopic (exact) mass is 352 g/mol. The lowest BCUT2D eigenvalue weighted by atomic mass is 9.85. The number of anilines is 1. The highest BCUT2D eigenvalue weighted by atomic mass is 19.4. The van der Waals surface area contributed by atoms with E-state index in [2.05, 4.69) is 5.32 Å². The Morgan fingerprint density at radius 3 is 2.20 bits per heavy atom. The zero-order chi connectivity index (χ0) is 18.2. The van der Waals surface area contributed by atoms with E-state index in [0.29, 0.717) is 12.8 Å². The maximum absolute atomic E-state index is 13.0. The van der Waals surface area contributed by atoms with Crippen LogP contribution in [-0.4, -0.2) is 29.2 Å². The molecule has 0 unspecified atom stereocenters. The molecular formula is C17H15F3N2O3. The molecule has 0 bridgehead atoms. The van der Waals surface area contributed by atoms with Crippen LogP contribution in [0.1, 0.15) is 18.4 Å². The van der Waals surface area contributed by atoms with Crippen LogP contribution in [0, 0.1) is 11.8 Å². The minimum atomic E-state index is -4.62. The Bertz CT molecular complexity index is 732. The van der Waals surface area contributed by atoms with E-state index in [1.54, 1.807) is 0 Å². The van der Waals surface area contributed by atoms with E-state index in [4.69, 9.17) is 0 Å². The number of rotatable bonds is 3. The fraction of sp³-hybridized carbons (Fsp3) is 0.353. The highest BCUT2D eigenvalue weighted by molar-refractivity contribution is 6.08. The average Bonchev–Trinajstić information content (AvgIpc) is 2.80. The molecule has 3 amide bonds. The predicted octanol–water partition coefficient (Wildman–Crippen LogP) is 2.60. The summed E-state index contributed by atoms with van der Waals surface area (Å²) in [5.74, 6) is -2.69. The van der Waals surface area contributed by atoms with E-state index in [0.717, 1.165) is 17.0 Å². The minimum Gasteiger partial charge on any atom is -0.324 e. The number of imide groups is 1. The first-order valence-electron chi connectivity index (χ1n) is 7.75. The second-order valence-corrected chi connectivity index (χ2v) is 6.01. The number of nitrogens with zero attached hydrogens (tertiary/aromatic N) is 1. The molecule has 1 aliphatic heterocycles. The second kappa shape index (κ2) is 6.34. The van der Waals surface area contributed by atoms with E-state index >= 15 is 0 Å². The Morgan fingerprint density at radius 2 is 1.64 bits per heavy atom. The molecule has 8 heteroatoms. The van der Waals surface area contributed by atoms with Gasteiger partial charge in [0.2, 0.25) is 17.7 Å². The summed E-state index contributed by atoms with van der Waals surface area (Å²) >= 11 is 0. The van der Waals surface area contributed by atoms with Crippen molar-refractivity contribution >= 4 is 23.4 Å². The second-order valence-electron chi connectivity index (χ2n) is 6.01. The minimum absolute atomic E-state index is 0.404. The Balaban J connectivity index is 1.72. The van der Waals surface area contributed by atoms with Crippen molar-refractivity contribution in [1.82, 2.24) is 4.90 Å². The summed E-state index contributed by atoms with van der Waals surface area (Å²) in [7, 11) is 0. The van der Waals surface area contributed by atoms with Gasteiger partial charge in [-0.2, -0.15) is 13.2 Å². The molecule has 1 fully saturated rings. The Labute approximate surface area is 141 Å². The van der Waals surface area contributed by atoms with E-state index in [9.17, 15) is 27.6 Å². The summed E-state index contributed by atoms with van der Waals surface area (Å²) in [6, 6.07) is 4.54. The van der Waals surface area contributed by atoms with E-state index in [-0.39, 0.29) is 0 Å². The maximum atomic E-state index is 13.0. The largest absolute Gasteiger partial charge is 0.418 e. The zero-order valence-corrected chi connectivity index (χ0v) is 13.0. The molecule has 2 aliphatic rings. The first-order chi connectivity index (χ1) is 11.8. The lowest BCUT2D eigenvalue weighted by Crippen LogP contribution is -2.38. The van der Waals surface area contributed by atoms with Crippen LogP contribution in [0.4, 0.5) is 18.9 Å². The van der Waals surface area contributed by atoms with Gasteiger partial charge in [0.1, 0.15) is 6.54 Å². The molecule has 1 aromatic rings. The number of hydrogen-bond acceptors (Lipinski definition) is 3. The van der Waals surface area contributed by atoms with E-state index < -0.39 is 53.5 Å². The van der Waals surface area contributed by atoms with Gasteiger partial charge < -0.3 is 5.32 Å². The topological polar surface area (TPSA) is 66.5 Å². The maximum Gasteiger partial charge on any atom is 0.418 e. The van der Waals surface area contributed by atoms with Gasteiger partial charge in [-0.05, 0) is 25.0 Å². The zero-order valence-electron chi connectivity index (χ0n) is 13.0. The van der Waals surface area contributed by atoms with Gasteiger partial charge in [-0.15, -0.1) is 0 Å². The molecule has 1 aliphatic carbocycles. The number of para-hydroxylation sites is 1. The molecule has 0 spiro atoms. The number of fused-ring (bicyclic) bond motifs is 1. The van der Waals surface area contributed by atoms with Gasteiger partial charge in [-0.3, -0.25) is 19.3 Å². The van der Waals surface area contributed by atoms with E-state index in [1.807, 2.05) is 12.2 Å². The highest BCUT2D eigenvalue weighted by Crippen LogP contribution is 2.36. The van der Waals surface area contributed by atoms with Gasteiger partial charge in [0.25, 0.3) is 0 Å². The molecule has 132 valence electrons. The molecule has 2 atom stereocenters. The molecule has 25 heavy (non-hydrogen) atoms. The Hall–Kier alpha value is -2.64. The number of carbonyl (C=O) groups is 3. The van der Waals surface area contributed by atoms with Gasteiger partial charge in [-0.25, -0.2) is 0 Å². The third-order valence-electron chi connectivity index (χ3n) is 4.41. The number of carbonyl (C=O) groups excluding carboxylic acids is 3. The third-order valence-corrected chi connectivity index (χ3v) is 4.41. The molecule has 0 aromatic heterocycles. The average molecular weight is 352 g/mol. The van der Waals surface area contributed by atoms with Crippen LogP contribution in [0.3, 0.4) is 0 Å². The first-order valence-corrected chi connectivity index (χ1v) is 7.75. The van der Waals surface area contributed by atoms with Crippen molar-refractivity contribution in [2.24, 2.45) is 11.8 Å². The fourth-order valence-corrected chi connectivity index (χ4v) is 3.20. The number of nitrogens with one attached hydrogen (secondary N) is 1. The van der Waals surface area contributed by atoms with Crippen molar-refractivity contribution in [3.05, 3.63) is 42.0 Å². The van der Waals surface area contributed by atoms with Crippen LogP contribution >= 0.6 is 0 Å². The molecule has 1 saturated heterocycles. The van der Waals surface area contributed by atoms with Crippen LogP contribution < -0.4 is 5.32 Å².